The fraction of sp³-hybridized carbons (Fsp3) is 0.508. The van der Waals surface area contributed by atoms with Gasteiger partial charge in [-0.1, -0.05) is 190 Å². The van der Waals surface area contributed by atoms with Gasteiger partial charge >= 0.3 is 0 Å². The van der Waals surface area contributed by atoms with Gasteiger partial charge in [0.15, 0.2) is 0 Å². The van der Waals surface area contributed by atoms with Crippen molar-refractivity contribution in [1.29, 1.82) is 0 Å². The maximum atomic E-state index is 6.77. The van der Waals surface area contributed by atoms with Crippen molar-refractivity contribution in [3.8, 4) is 23.7 Å². The molecule has 15 heterocycles. The first kappa shape index (κ1) is 111. The monoisotopic (exact) mass is 2000 g/mol. The Bertz CT molecular complexity index is 6560. The van der Waals surface area contributed by atoms with E-state index in [9.17, 15) is 0 Å². The third-order valence-electron chi connectivity index (χ3n) is 28.5. The molecule has 0 amide bonds. The number of fused-ring (bicyclic) bond motifs is 24. The van der Waals surface area contributed by atoms with Crippen LogP contribution in [0, 0.1) is 91.7 Å². The van der Waals surface area contributed by atoms with Gasteiger partial charge in [-0.15, -0.1) is 0 Å². The van der Waals surface area contributed by atoms with Gasteiger partial charge < -0.3 is 58.3 Å². The summed E-state index contributed by atoms with van der Waals surface area (Å²) in [7, 11) is 0. The summed E-state index contributed by atoms with van der Waals surface area (Å²) < 4.78 is 39.8. The van der Waals surface area contributed by atoms with E-state index in [1.807, 2.05) is 0 Å². The smallest absolute Gasteiger partial charge is 0.0815 e. The Labute approximate surface area is 883 Å². The summed E-state index contributed by atoms with van der Waals surface area (Å²) >= 11 is 0. The Kier molecular flexibility index (Phi) is 37.2. The van der Waals surface area contributed by atoms with E-state index < -0.39 is 0 Å². The van der Waals surface area contributed by atoms with E-state index in [4.69, 9.17) is 58.3 Å². The van der Waals surface area contributed by atoms with Gasteiger partial charge in [0.2, 0.25) is 0 Å². The Morgan fingerprint density at radius 2 is 0.385 bits per heavy atom. The van der Waals surface area contributed by atoms with Gasteiger partial charge in [-0.05, 0) is 341 Å². The molecular weight excluding hydrogens is 1830 g/mol. The number of hydrogen-bond donors (Lipinski definition) is 6. The van der Waals surface area contributed by atoms with Crippen molar-refractivity contribution >= 4 is 139 Å². The van der Waals surface area contributed by atoms with Crippen LogP contribution in [0.4, 0.5) is 0 Å². The lowest BCUT2D eigenvalue weighted by molar-refractivity contribution is 0.118. The minimum absolute atomic E-state index is 0.199. The Morgan fingerprint density at radius 1 is 0.209 bits per heavy atom. The third kappa shape index (κ3) is 32.4. The second kappa shape index (κ2) is 49.6. The Hall–Kier alpha value is -11.3. The number of aromatic nitrogens is 12. The molecule has 0 aliphatic carbocycles. The Morgan fingerprint density at radius 3 is 0.595 bits per heavy atom. The highest BCUT2D eigenvalue weighted by Gasteiger charge is 2.27. The zero-order chi connectivity index (χ0) is 105. The molecule has 786 valence electrons. The van der Waals surface area contributed by atoms with Gasteiger partial charge in [0, 0.05) is 117 Å². The highest BCUT2D eigenvalue weighted by molar-refractivity contribution is 5.91. The molecule has 9 aromatic heterocycles. The average molecular weight is 2000 g/mol. The van der Waals surface area contributed by atoms with Crippen molar-refractivity contribution in [2.45, 2.75) is 282 Å². The minimum Gasteiger partial charge on any atom is -0.381 e. The molecule has 0 spiro atoms. The standard InChI is InChI=1S/C130H170N12O6/c1-85(79-125(7,8)9)53-65-143-71-59-99-105-33-25-91(131-105)77-92-26-34-106(132-92)100(60-72-144-66-54-86(2)80-126(10,11)12)118-46-38-110(136-118)95(109-37-45-117(99)135-109)29-31-97-113-41-49-121(139-113)103(63-75-147-69-57-89(5)83-129(19,20)21)123-51-43-115(141-123)98(116-44-52-124(142-116)104(122-50-42-114(97)140-122)64-76-148-70-58-90(6)84-130(22,23)24)32-30-96-111-39-47-119(137-111)101(61-73-145-67-55-87(3)81-127(13,14)15)107-35-27-93(133-107)78-94-28-36-108(134-94)102(120-48-40-112(96)138-120)62-74-146-68-56-88(4)82-128(16,17)18/h25-28,33-52,77-78,85-90,131,133,136,138-139,142H,53-76,79-84H2,1-24H3. The molecule has 9 aromatic rings. The predicted molar refractivity (Wildman–Crippen MR) is 623 cm³/mol. The third-order valence-corrected chi connectivity index (χ3v) is 28.5. The topological polar surface area (TPSA) is 227 Å². The molecule has 0 saturated heterocycles. The van der Waals surface area contributed by atoms with Crippen molar-refractivity contribution in [3.05, 3.63) is 209 Å². The minimum atomic E-state index is 0.199. The highest BCUT2D eigenvalue weighted by atomic mass is 16.5. The zero-order valence-electron chi connectivity index (χ0n) is 93.8. The fourth-order valence-electron chi connectivity index (χ4n) is 22.4. The van der Waals surface area contributed by atoms with E-state index >= 15 is 0 Å². The normalized spacial score (nSPS) is 14.5. The Balaban J connectivity index is 0.926. The van der Waals surface area contributed by atoms with Gasteiger partial charge in [0.25, 0.3) is 0 Å². The van der Waals surface area contributed by atoms with Crippen LogP contribution in [0.5, 0.6) is 0 Å². The second-order valence-electron chi connectivity index (χ2n) is 50.5. The van der Waals surface area contributed by atoms with Crippen LogP contribution in [0.3, 0.4) is 0 Å². The van der Waals surface area contributed by atoms with Gasteiger partial charge in [0.05, 0.1) is 152 Å². The molecule has 6 atom stereocenters. The van der Waals surface area contributed by atoms with Crippen molar-refractivity contribution < 1.29 is 28.4 Å². The summed E-state index contributed by atoms with van der Waals surface area (Å²) in [5.41, 5.74) is 30.7. The molecule has 148 heavy (non-hydrogen) atoms. The van der Waals surface area contributed by atoms with E-state index in [2.05, 4.69) is 378 Å². The van der Waals surface area contributed by atoms with Crippen LogP contribution in [0.1, 0.15) is 367 Å². The lowest BCUT2D eigenvalue weighted by atomic mass is 9.84. The van der Waals surface area contributed by atoms with E-state index in [1.165, 1.54) is 0 Å². The van der Waals surface area contributed by atoms with Crippen LogP contribution in [-0.2, 0) is 66.9 Å². The molecule has 6 unspecified atom stereocenters. The maximum absolute atomic E-state index is 6.77. The molecule has 0 aromatic carbocycles. The van der Waals surface area contributed by atoms with E-state index in [-0.39, 0.29) is 32.5 Å². The summed E-state index contributed by atoms with van der Waals surface area (Å²) in [5.74, 6) is 18.7. The van der Waals surface area contributed by atoms with Crippen molar-refractivity contribution in [3.63, 3.8) is 0 Å². The molecule has 0 radical (unpaired) electrons. The van der Waals surface area contributed by atoms with Crippen molar-refractivity contribution in [2.75, 3.05) is 79.3 Å². The average Bonchev–Trinajstić information content (AvgIpc) is 1.63. The second-order valence-corrected chi connectivity index (χ2v) is 50.5. The molecule has 6 aliphatic rings. The van der Waals surface area contributed by atoms with Crippen molar-refractivity contribution in [2.24, 2.45) is 68.0 Å². The first-order valence-electron chi connectivity index (χ1n) is 55.3. The number of hydrogen-bond acceptors (Lipinski definition) is 12. The van der Waals surface area contributed by atoms with Gasteiger partial charge in [0.1, 0.15) is 0 Å². The number of nitrogens with zero attached hydrogens (tertiary/aromatic N) is 6. The molecule has 0 fully saturated rings. The summed E-state index contributed by atoms with van der Waals surface area (Å²) in [6.45, 7) is 62.8. The van der Waals surface area contributed by atoms with E-state index in [1.54, 1.807) is 0 Å². The van der Waals surface area contributed by atoms with Crippen LogP contribution >= 0.6 is 0 Å². The molecule has 18 nitrogen and oxygen atoms in total. The van der Waals surface area contributed by atoms with Crippen LogP contribution < -0.4 is 0 Å². The number of aromatic amines is 6. The first-order valence-corrected chi connectivity index (χ1v) is 55.3. The van der Waals surface area contributed by atoms with Crippen LogP contribution in [-0.4, -0.2) is 139 Å². The zero-order valence-corrected chi connectivity index (χ0v) is 93.8. The SMILES string of the molecule is CC(CCOCCc1c2nc(c(C#Cc3c4nc(c(CCOCCC(C)CC(C)(C)C)c5ccc([nH]5)c(C#Cc5c6nc(c(CCOCCC(C)CC(C)(C)C)c7ccc(cc8nc(c(CCOCCC(C)CC(C)(C)C)c9ccc5[nH]9)C=C8)[nH]7)C=C6)c5nc(c(CCOCCC(C)CC(C)(C)C)c6ccc3[nH]6)C=C5)C=C4)c3ccc([nH]3)c(CCOCCC(C)CC(C)(C)C)c3nc(cc4ccc1[nH]4)C=C3)C=C2)CC(C)(C)C. The van der Waals surface area contributed by atoms with Crippen LogP contribution in [0.15, 0.2) is 84.9 Å². The van der Waals surface area contributed by atoms with E-state index in [0.29, 0.717) is 176 Å². The number of nitrogens with one attached hydrogen (secondary N) is 6. The lowest BCUT2D eigenvalue weighted by Gasteiger charge is -2.23. The number of ether oxygens (including phenoxy) is 6. The molecule has 15 rings (SSSR count). The molecule has 6 N–H and O–H groups in total. The summed E-state index contributed by atoms with van der Waals surface area (Å²) in [5, 5.41) is 0. The quantitative estimate of drug-likeness (QED) is 0.0155. The fourth-order valence-corrected chi connectivity index (χ4v) is 22.4. The predicted octanol–water partition coefficient (Wildman–Crippen LogP) is 31.5. The molecule has 0 saturated carbocycles. The summed E-state index contributed by atoms with van der Waals surface area (Å²) in [6.07, 6.45) is 41.8. The number of H-pyrrole nitrogens is 6. The van der Waals surface area contributed by atoms with Crippen LogP contribution in [0.2, 0.25) is 0 Å². The maximum Gasteiger partial charge on any atom is 0.0815 e. The van der Waals surface area contributed by atoms with Gasteiger partial charge in [-0.3, -0.25) is 0 Å². The molecular formula is C130H170N12O6. The largest absolute Gasteiger partial charge is 0.381 e. The van der Waals surface area contributed by atoms with Gasteiger partial charge in [-0.25, -0.2) is 29.9 Å². The summed E-state index contributed by atoms with van der Waals surface area (Å²) in [6, 6.07) is 30.2. The summed E-state index contributed by atoms with van der Waals surface area (Å²) in [4.78, 5) is 57.2. The molecule has 24 bridgehead atoms. The highest BCUT2D eigenvalue weighted by Crippen LogP contribution is 2.38. The molecule has 6 aliphatic heterocycles. The molecule has 18 heteroatoms. The van der Waals surface area contributed by atoms with Crippen molar-refractivity contribution in [1.82, 2.24) is 59.8 Å². The first-order chi connectivity index (χ1) is 70.5. The van der Waals surface area contributed by atoms with Gasteiger partial charge in [-0.2, -0.15) is 0 Å². The lowest BCUT2D eigenvalue weighted by Crippen LogP contribution is -2.13. The number of rotatable bonds is 42. The van der Waals surface area contributed by atoms with E-state index in [0.717, 1.165) is 245 Å². The van der Waals surface area contributed by atoms with Crippen LogP contribution in [0.25, 0.3) is 139 Å².